The van der Waals surface area contributed by atoms with Gasteiger partial charge in [-0.3, -0.25) is 4.79 Å². The Bertz CT molecular complexity index is 485. The molecule has 92 valence electrons. The van der Waals surface area contributed by atoms with E-state index in [-0.39, 0.29) is 5.75 Å². The van der Waals surface area contributed by atoms with Crippen LogP contribution in [0.2, 0.25) is 0 Å². The quantitative estimate of drug-likeness (QED) is 0.760. The second-order valence-electron chi connectivity index (χ2n) is 3.78. The highest BCUT2D eigenvalue weighted by Gasteiger charge is 2.33. The van der Waals surface area contributed by atoms with E-state index in [2.05, 4.69) is 9.97 Å². The molecule has 1 saturated heterocycles. The average molecular weight is 239 g/mol. The lowest BCUT2D eigenvalue weighted by Crippen LogP contribution is -2.37. The van der Waals surface area contributed by atoms with E-state index in [1.807, 2.05) is 0 Å². The van der Waals surface area contributed by atoms with E-state index in [1.165, 1.54) is 13.4 Å². The molecule has 2 N–H and O–H groups in total. The topological polar surface area (TPSA) is 95.5 Å². The van der Waals surface area contributed by atoms with Crippen molar-refractivity contribution >= 4 is 11.8 Å². The summed E-state index contributed by atoms with van der Waals surface area (Å²) >= 11 is 0. The summed E-state index contributed by atoms with van der Waals surface area (Å²) < 4.78 is 4.98. The summed E-state index contributed by atoms with van der Waals surface area (Å²) in [6, 6.07) is -0.641. The minimum absolute atomic E-state index is 0.0562. The van der Waals surface area contributed by atoms with Gasteiger partial charge in [-0.25, -0.2) is 9.78 Å². The maximum Gasteiger partial charge on any atom is 0.326 e. The van der Waals surface area contributed by atoms with Gasteiger partial charge < -0.3 is 19.7 Å². The fourth-order valence-electron chi connectivity index (χ4n) is 2.04. The summed E-state index contributed by atoms with van der Waals surface area (Å²) in [5, 5.41) is 9.08. The van der Waals surface area contributed by atoms with E-state index in [0.29, 0.717) is 18.8 Å². The Morgan fingerprint density at radius 1 is 1.71 bits per heavy atom. The number of rotatable bonds is 3. The first-order valence-corrected chi connectivity index (χ1v) is 5.26. The van der Waals surface area contributed by atoms with Gasteiger partial charge >= 0.3 is 5.97 Å². The first kappa shape index (κ1) is 11.4. The zero-order valence-corrected chi connectivity index (χ0v) is 9.34. The van der Waals surface area contributed by atoms with Gasteiger partial charge in [0.1, 0.15) is 6.04 Å². The van der Waals surface area contributed by atoms with E-state index >= 15 is 0 Å². The lowest BCUT2D eigenvalue weighted by atomic mass is 10.2. The Labute approximate surface area is 97.0 Å². The standard InChI is InChI=1S/C10H13N3O4/c1-17-7-8(11-5-12-9(7)14)13-4-2-3-6(13)10(15)16/h5-6H,2-4H2,1H3,(H,15,16)(H,11,12,14). The van der Waals surface area contributed by atoms with Gasteiger partial charge in [-0.2, -0.15) is 0 Å². The molecule has 2 heterocycles. The number of hydrogen-bond donors (Lipinski definition) is 2. The summed E-state index contributed by atoms with van der Waals surface area (Å²) in [6.45, 7) is 0.559. The summed E-state index contributed by atoms with van der Waals surface area (Å²) in [7, 11) is 1.36. The average Bonchev–Trinajstić information content (AvgIpc) is 2.77. The highest BCUT2D eigenvalue weighted by atomic mass is 16.5. The van der Waals surface area contributed by atoms with Crippen LogP contribution in [0, 0.1) is 0 Å². The predicted molar refractivity (Wildman–Crippen MR) is 59.4 cm³/mol. The van der Waals surface area contributed by atoms with Crippen molar-refractivity contribution in [3.63, 3.8) is 0 Å². The van der Waals surface area contributed by atoms with Crippen LogP contribution in [0.5, 0.6) is 5.75 Å². The van der Waals surface area contributed by atoms with Gasteiger partial charge in [0.15, 0.2) is 5.82 Å². The van der Waals surface area contributed by atoms with Crippen LogP contribution in [-0.2, 0) is 4.79 Å². The van der Waals surface area contributed by atoms with Gasteiger partial charge in [0.2, 0.25) is 5.75 Å². The number of aliphatic carboxylic acids is 1. The molecule has 1 fully saturated rings. The minimum Gasteiger partial charge on any atom is -0.489 e. The van der Waals surface area contributed by atoms with Crippen molar-refractivity contribution in [2.45, 2.75) is 18.9 Å². The van der Waals surface area contributed by atoms with Crippen LogP contribution < -0.4 is 15.2 Å². The van der Waals surface area contributed by atoms with Gasteiger partial charge in [0.25, 0.3) is 5.56 Å². The molecule has 1 atom stereocenters. The fraction of sp³-hybridized carbons (Fsp3) is 0.500. The molecule has 0 aliphatic carbocycles. The summed E-state index contributed by atoms with van der Waals surface area (Å²) in [6.07, 6.45) is 2.55. The number of methoxy groups -OCH3 is 1. The van der Waals surface area contributed by atoms with Crippen LogP contribution in [0.15, 0.2) is 11.1 Å². The molecular formula is C10H13N3O4. The Morgan fingerprint density at radius 3 is 3.12 bits per heavy atom. The number of nitrogens with one attached hydrogen (secondary N) is 1. The zero-order valence-electron chi connectivity index (χ0n) is 9.34. The number of H-pyrrole nitrogens is 1. The molecule has 0 amide bonds. The molecule has 1 aromatic rings. The van der Waals surface area contributed by atoms with Crippen LogP contribution in [0.1, 0.15) is 12.8 Å². The number of aromatic nitrogens is 2. The lowest BCUT2D eigenvalue weighted by Gasteiger charge is -2.23. The smallest absolute Gasteiger partial charge is 0.326 e. The van der Waals surface area contributed by atoms with Crippen LogP contribution in [0.3, 0.4) is 0 Å². The number of ether oxygens (including phenoxy) is 1. The van der Waals surface area contributed by atoms with Crippen molar-refractivity contribution in [1.29, 1.82) is 0 Å². The molecule has 7 nitrogen and oxygen atoms in total. The van der Waals surface area contributed by atoms with Crippen molar-refractivity contribution in [3.05, 3.63) is 16.7 Å². The van der Waals surface area contributed by atoms with Crippen molar-refractivity contribution in [1.82, 2.24) is 9.97 Å². The molecule has 0 saturated carbocycles. The Kier molecular flexibility index (Phi) is 2.99. The van der Waals surface area contributed by atoms with Crippen LogP contribution in [-0.4, -0.2) is 40.7 Å². The molecule has 1 aliphatic rings. The summed E-state index contributed by atoms with van der Waals surface area (Å²) in [5.41, 5.74) is -0.409. The molecule has 7 heteroatoms. The van der Waals surface area contributed by atoms with Crippen molar-refractivity contribution < 1.29 is 14.6 Å². The Hall–Kier alpha value is -2.05. The number of carboxylic acids is 1. The van der Waals surface area contributed by atoms with Crippen molar-refractivity contribution in [2.24, 2.45) is 0 Å². The normalized spacial score (nSPS) is 19.4. The molecular weight excluding hydrogens is 226 g/mol. The third-order valence-corrected chi connectivity index (χ3v) is 2.81. The summed E-state index contributed by atoms with van der Waals surface area (Å²) in [4.78, 5) is 30.6. The molecule has 2 rings (SSSR count). The molecule has 0 radical (unpaired) electrons. The van der Waals surface area contributed by atoms with E-state index in [1.54, 1.807) is 4.90 Å². The molecule has 1 aliphatic heterocycles. The van der Waals surface area contributed by atoms with E-state index in [9.17, 15) is 9.59 Å². The Morgan fingerprint density at radius 2 is 2.47 bits per heavy atom. The number of carboxylic acid groups (broad SMARTS) is 1. The van der Waals surface area contributed by atoms with Gasteiger partial charge in [0.05, 0.1) is 13.4 Å². The van der Waals surface area contributed by atoms with E-state index in [4.69, 9.17) is 9.84 Å². The number of nitrogens with zero attached hydrogens (tertiary/aromatic N) is 2. The molecule has 1 aromatic heterocycles. The Balaban J connectivity index is 2.43. The number of hydrogen-bond acceptors (Lipinski definition) is 5. The van der Waals surface area contributed by atoms with Gasteiger partial charge in [-0.05, 0) is 12.8 Å². The van der Waals surface area contributed by atoms with Crippen LogP contribution in [0.4, 0.5) is 5.82 Å². The lowest BCUT2D eigenvalue weighted by molar-refractivity contribution is -0.138. The number of anilines is 1. The van der Waals surface area contributed by atoms with Crippen LogP contribution >= 0.6 is 0 Å². The zero-order chi connectivity index (χ0) is 12.4. The molecule has 0 bridgehead atoms. The van der Waals surface area contributed by atoms with Gasteiger partial charge in [-0.1, -0.05) is 0 Å². The molecule has 1 unspecified atom stereocenters. The third-order valence-electron chi connectivity index (χ3n) is 2.81. The maximum absolute atomic E-state index is 11.5. The van der Waals surface area contributed by atoms with Crippen molar-refractivity contribution in [3.8, 4) is 5.75 Å². The highest BCUT2D eigenvalue weighted by molar-refractivity contribution is 5.79. The third kappa shape index (κ3) is 1.95. The second-order valence-corrected chi connectivity index (χ2v) is 3.78. The predicted octanol–water partition coefficient (Wildman–Crippen LogP) is -0.168. The second kappa shape index (κ2) is 4.44. The SMILES string of the molecule is COc1c(N2CCCC2C(=O)O)nc[nH]c1=O. The van der Waals surface area contributed by atoms with Crippen LogP contribution in [0.25, 0.3) is 0 Å². The molecule has 0 spiro atoms. The number of aromatic amines is 1. The first-order chi connectivity index (χ1) is 8.15. The monoisotopic (exact) mass is 239 g/mol. The highest BCUT2D eigenvalue weighted by Crippen LogP contribution is 2.28. The summed E-state index contributed by atoms with van der Waals surface area (Å²) in [5.74, 6) is -0.562. The number of carbonyl (C=O) groups is 1. The van der Waals surface area contributed by atoms with Gasteiger partial charge in [0, 0.05) is 6.54 Å². The molecule has 0 aromatic carbocycles. The van der Waals surface area contributed by atoms with E-state index < -0.39 is 17.6 Å². The first-order valence-electron chi connectivity index (χ1n) is 5.26. The maximum atomic E-state index is 11.5. The molecule has 17 heavy (non-hydrogen) atoms. The largest absolute Gasteiger partial charge is 0.489 e. The fourth-order valence-corrected chi connectivity index (χ4v) is 2.04. The minimum atomic E-state index is -0.911. The van der Waals surface area contributed by atoms with Gasteiger partial charge in [-0.15, -0.1) is 0 Å². The van der Waals surface area contributed by atoms with Crippen molar-refractivity contribution in [2.75, 3.05) is 18.6 Å². The van der Waals surface area contributed by atoms with E-state index in [0.717, 1.165) is 6.42 Å².